The molecule has 0 spiro atoms. The summed E-state index contributed by atoms with van der Waals surface area (Å²) in [5.74, 6) is 3.65. The van der Waals surface area contributed by atoms with Crippen LogP contribution >= 0.6 is 0 Å². The first-order valence-electron chi connectivity index (χ1n) is 12.3. The molecule has 1 N–H and O–H groups in total. The van der Waals surface area contributed by atoms with Crippen LogP contribution in [0.3, 0.4) is 0 Å². The highest BCUT2D eigenvalue weighted by molar-refractivity contribution is 5.83. The summed E-state index contributed by atoms with van der Waals surface area (Å²) in [6, 6.07) is 8.21. The van der Waals surface area contributed by atoms with Crippen LogP contribution in [0.1, 0.15) is 75.8 Å². The summed E-state index contributed by atoms with van der Waals surface area (Å²) in [5, 5.41) is 3.22. The summed E-state index contributed by atoms with van der Waals surface area (Å²) in [6.07, 6.45) is 10.6. The van der Waals surface area contributed by atoms with Gasteiger partial charge in [0.25, 0.3) is 0 Å². The number of rotatable bonds is 7. The van der Waals surface area contributed by atoms with Crippen LogP contribution in [0, 0.1) is 23.2 Å². The number of nitrogens with one attached hydrogen (secondary N) is 1. The predicted molar refractivity (Wildman–Crippen MR) is 120 cm³/mol. The van der Waals surface area contributed by atoms with Gasteiger partial charge in [-0.2, -0.15) is 0 Å². The van der Waals surface area contributed by atoms with Crippen LogP contribution in [0.5, 0.6) is 5.75 Å². The monoisotopic (exact) mass is 424 g/mol. The molecule has 4 saturated carbocycles. The number of benzene rings is 1. The van der Waals surface area contributed by atoms with E-state index >= 15 is 0 Å². The van der Waals surface area contributed by atoms with Gasteiger partial charge in [0.1, 0.15) is 5.75 Å². The molecule has 31 heavy (non-hydrogen) atoms. The molecule has 1 aromatic rings. The van der Waals surface area contributed by atoms with Gasteiger partial charge >= 0.3 is 0 Å². The van der Waals surface area contributed by atoms with E-state index in [-0.39, 0.29) is 23.3 Å². The number of methoxy groups -OCH3 is 1. The lowest BCUT2D eigenvalue weighted by atomic mass is 9.49. The molecule has 168 valence electrons. The maximum Gasteiger partial charge on any atom is 0.226 e. The van der Waals surface area contributed by atoms with Gasteiger partial charge in [-0.3, -0.25) is 9.59 Å². The van der Waals surface area contributed by atoms with E-state index in [1.807, 2.05) is 23.1 Å². The normalized spacial score (nSPS) is 33.5. The number of carbonyl (C=O) groups excluding carboxylic acids is 2. The average molecular weight is 425 g/mol. The highest BCUT2D eigenvalue weighted by Crippen LogP contribution is 2.60. The maximum absolute atomic E-state index is 13.1. The Morgan fingerprint density at radius 1 is 1.13 bits per heavy atom. The third-order valence-electron chi connectivity index (χ3n) is 8.42. The van der Waals surface area contributed by atoms with Crippen molar-refractivity contribution < 1.29 is 14.3 Å². The molecule has 5 fully saturated rings. The lowest BCUT2D eigenvalue weighted by Crippen LogP contribution is -2.53. The van der Waals surface area contributed by atoms with E-state index in [1.165, 1.54) is 19.3 Å². The van der Waals surface area contributed by atoms with Crippen LogP contribution in [0.4, 0.5) is 0 Å². The zero-order valence-electron chi connectivity index (χ0n) is 18.8. The number of likely N-dealkylation sites (tertiary alicyclic amines) is 1. The molecule has 1 aromatic carbocycles. The lowest BCUT2D eigenvalue weighted by molar-refractivity contribution is -0.146. The van der Waals surface area contributed by atoms with E-state index in [0.717, 1.165) is 74.1 Å². The second-order valence-electron chi connectivity index (χ2n) is 10.6. The smallest absolute Gasteiger partial charge is 0.226 e. The Morgan fingerprint density at radius 2 is 1.84 bits per heavy atom. The minimum atomic E-state index is -0.0921. The van der Waals surface area contributed by atoms with E-state index in [0.29, 0.717) is 13.0 Å². The third kappa shape index (κ3) is 4.08. The Bertz CT molecular complexity index is 800. The van der Waals surface area contributed by atoms with E-state index in [4.69, 9.17) is 4.74 Å². The fraction of sp³-hybridized carbons (Fsp3) is 0.692. The molecule has 5 nitrogen and oxygen atoms in total. The first-order valence-corrected chi connectivity index (χ1v) is 12.3. The number of amides is 2. The second kappa shape index (κ2) is 8.48. The molecule has 2 amide bonds. The van der Waals surface area contributed by atoms with Crippen LogP contribution in [-0.4, -0.2) is 36.9 Å². The van der Waals surface area contributed by atoms with E-state index < -0.39 is 0 Å². The average Bonchev–Trinajstić information content (AvgIpc) is 3.25. The van der Waals surface area contributed by atoms with Crippen molar-refractivity contribution in [3.63, 3.8) is 0 Å². The SMILES string of the molecule is COc1cccc([C@H]2CCCN2C(=O)CCCNC(=O)C23CC4CC(CC(C4)C2)C3)c1. The molecule has 1 atom stereocenters. The van der Waals surface area contributed by atoms with Crippen molar-refractivity contribution in [2.75, 3.05) is 20.2 Å². The number of hydrogen-bond donors (Lipinski definition) is 1. The Morgan fingerprint density at radius 3 is 2.52 bits per heavy atom. The number of hydrogen-bond acceptors (Lipinski definition) is 3. The Balaban J connectivity index is 1.11. The van der Waals surface area contributed by atoms with Crippen molar-refractivity contribution in [1.29, 1.82) is 0 Å². The summed E-state index contributed by atoms with van der Waals surface area (Å²) >= 11 is 0. The lowest BCUT2D eigenvalue weighted by Gasteiger charge is -2.55. The molecule has 1 saturated heterocycles. The number of nitrogens with zero attached hydrogens (tertiary/aromatic N) is 1. The van der Waals surface area contributed by atoms with Crippen LogP contribution < -0.4 is 10.1 Å². The molecule has 0 aromatic heterocycles. The topological polar surface area (TPSA) is 58.6 Å². The second-order valence-corrected chi connectivity index (χ2v) is 10.6. The van der Waals surface area contributed by atoms with Gasteiger partial charge in [-0.05, 0) is 93.2 Å². The molecular weight excluding hydrogens is 388 g/mol. The van der Waals surface area contributed by atoms with Crippen LogP contribution in [0.25, 0.3) is 0 Å². The van der Waals surface area contributed by atoms with Gasteiger partial charge in [-0.15, -0.1) is 0 Å². The fourth-order valence-corrected chi connectivity index (χ4v) is 7.42. The van der Waals surface area contributed by atoms with Gasteiger partial charge in [0.05, 0.1) is 13.2 Å². The Labute approximate surface area is 185 Å². The van der Waals surface area contributed by atoms with Crippen LogP contribution in [0.2, 0.25) is 0 Å². The zero-order valence-corrected chi connectivity index (χ0v) is 18.8. The standard InChI is InChI=1S/C26H36N2O3/c1-31-22-6-2-5-21(14-22)23-7-4-10-28(23)24(29)8-3-9-27-25(30)26-15-18-11-19(16-26)13-20(12-18)17-26/h2,5-6,14,18-20,23H,3-4,7-13,15-17H2,1H3,(H,27,30)/t18?,19?,20?,23-,26?/m1/s1. The number of ether oxygens (including phenoxy) is 1. The van der Waals surface area contributed by atoms with E-state index in [9.17, 15) is 9.59 Å². The predicted octanol–water partition coefficient (Wildman–Crippen LogP) is 4.47. The van der Waals surface area contributed by atoms with Crippen LogP contribution in [-0.2, 0) is 9.59 Å². The highest BCUT2D eigenvalue weighted by atomic mass is 16.5. The minimum absolute atomic E-state index is 0.0921. The molecule has 1 heterocycles. The summed E-state index contributed by atoms with van der Waals surface area (Å²) in [4.78, 5) is 28.0. The molecule has 0 radical (unpaired) electrons. The summed E-state index contributed by atoms with van der Waals surface area (Å²) in [5.41, 5.74) is 1.06. The zero-order chi connectivity index (χ0) is 21.4. The summed E-state index contributed by atoms with van der Waals surface area (Å²) < 4.78 is 5.36. The first kappa shape index (κ1) is 20.8. The van der Waals surface area contributed by atoms with E-state index in [2.05, 4.69) is 11.4 Å². The molecular formula is C26H36N2O3. The molecule has 0 unspecified atom stereocenters. The van der Waals surface area contributed by atoms with Crippen molar-refractivity contribution in [1.82, 2.24) is 10.2 Å². The molecule has 5 heteroatoms. The van der Waals surface area contributed by atoms with Crippen LogP contribution in [0.15, 0.2) is 24.3 Å². The Kier molecular flexibility index (Phi) is 5.70. The molecule has 4 aliphatic carbocycles. The summed E-state index contributed by atoms with van der Waals surface area (Å²) in [6.45, 7) is 1.43. The van der Waals surface area contributed by atoms with Gasteiger partial charge in [-0.1, -0.05) is 12.1 Å². The van der Waals surface area contributed by atoms with Gasteiger partial charge in [0, 0.05) is 24.9 Å². The number of carbonyl (C=O) groups is 2. The molecule has 4 bridgehead atoms. The van der Waals surface area contributed by atoms with E-state index in [1.54, 1.807) is 7.11 Å². The van der Waals surface area contributed by atoms with Crippen molar-refractivity contribution in [2.45, 2.75) is 70.3 Å². The quantitative estimate of drug-likeness (QED) is 0.657. The van der Waals surface area contributed by atoms with Gasteiger partial charge in [-0.25, -0.2) is 0 Å². The van der Waals surface area contributed by atoms with Crippen molar-refractivity contribution in [3.8, 4) is 5.75 Å². The highest BCUT2D eigenvalue weighted by Gasteiger charge is 2.54. The Hall–Kier alpha value is -2.04. The van der Waals surface area contributed by atoms with Gasteiger partial charge in [0.15, 0.2) is 0 Å². The first-order chi connectivity index (χ1) is 15.1. The summed E-state index contributed by atoms with van der Waals surface area (Å²) in [7, 11) is 1.67. The van der Waals surface area contributed by atoms with Crippen molar-refractivity contribution in [3.05, 3.63) is 29.8 Å². The van der Waals surface area contributed by atoms with Gasteiger partial charge in [0.2, 0.25) is 11.8 Å². The fourth-order valence-electron chi connectivity index (χ4n) is 7.42. The molecule has 1 aliphatic heterocycles. The molecule has 6 rings (SSSR count). The molecule has 5 aliphatic rings. The van der Waals surface area contributed by atoms with Gasteiger partial charge < -0.3 is 15.0 Å². The maximum atomic E-state index is 13.1. The van der Waals surface area contributed by atoms with Crippen molar-refractivity contribution in [2.24, 2.45) is 23.2 Å². The van der Waals surface area contributed by atoms with Crippen molar-refractivity contribution >= 4 is 11.8 Å². The third-order valence-corrected chi connectivity index (χ3v) is 8.42. The largest absolute Gasteiger partial charge is 0.497 e. The minimum Gasteiger partial charge on any atom is -0.497 e.